The molecule has 4 heteroatoms. The summed E-state index contributed by atoms with van der Waals surface area (Å²) in [4.78, 5) is 12.2. The van der Waals surface area contributed by atoms with Gasteiger partial charge in [0.25, 0.3) is 0 Å². The SMILES string of the molecule is CNC(=O)Cc1cccc(O[C@@H]2CC[C@@H](N)C2)c1-c1ccccc1C1CCC1. The maximum atomic E-state index is 12.2. The van der Waals surface area contributed by atoms with Crippen LogP contribution in [0.3, 0.4) is 0 Å². The van der Waals surface area contributed by atoms with E-state index in [9.17, 15) is 4.79 Å². The van der Waals surface area contributed by atoms with Crippen molar-refractivity contribution in [2.24, 2.45) is 5.73 Å². The number of carbonyl (C=O) groups excluding carboxylic acids is 1. The number of nitrogens with one attached hydrogen (secondary N) is 1. The van der Waals surface area contributed by atoms with Crippen LogP contribution >= 0.6 is 0 Å². The normalized spacial score (nSPS) is 21.9. The zero-order chi connectivity index (χ0) is 19.5. The van der Waals surface area contributed by atoms with E-state index in [4.69, 9.17) is 10.5 Å². The third-order valence-electron chi connectivity index (χ3n) is 6.24. The topological polar surface area (TPSA) is 64.3 Å². The van der Waals surface area contributed by atoms with Gasteiger partial charge in [-0.25, -0.2) is 0 Å². The lowest BCUT2D eigenvalue weighted by molar-refractivity contribution is -0.119. The number of ether oxygens (including phenoxy) is 1. The number of carbonyl (C=O) groups is 1. The van der Waals surface area contributed by atoms with Crippen molar-refractivity contribution in [2.45, 2.75) is 63.0 Å². The van der Waals surface area contributed by atoms with Crippen LogP contribution in [0.25, 0.3) is 11.1 Å². The first kappa shape index (κ1) is 19.0. The van der Waals surface area contributed by atoms with E-state index in [0.717, 1.165) is 36.1 Å². The van der Waals surface area contributed by atoms with E-state index in [1.807, 2.05) is 12.1 Å². The molecule has 0 bridgehead atoms. The summed E-state index contributed by atoms with van der Waals surface area (Å²) in [7, 11) is 1.69. The maximum absolute atomic E-state index is 12.2. The highest BCUT2D eigenvalue weighted by molar-refractivity contribution is 5.84. The molecule has 2 aliphatic carbocycles. The molecule has 2 atom stereocenters. The second-order valence-electron chi connectivity index (χ2n) is 8.17. The van der Waals surface area contributed by atoms with Gasteiger partial charge in [0.05, 0.1) is 6.42 Å². The smallest absolute Gasteiger partial charge is 0.224 e. The number of amides is 1. The van der Waals surface area contributed by atoms with Crippen LogP contribution in [0, 0.1) is 0 Å². The van der Waals surface area contributed by atoms with Crippen LogP contribution in [0.2, 0.25) is 0 Å². The Kier molecular flexibility index (Phi) is 5.67. The number of rotatable bonds is 6. The van der Waals surface area contributed by atoms with Gasteiger partial charge in [-0.15, -0.1) is 0 Å². The van der Waals surface area contributed by atoms with E-state index < -0.39 is 0 Å². The third-order valence-corrected chi connectivity index (χ3v) is 6.24. The summed E-state index contributed by atoms with van der Waals surface area (Å²) in [5, 5.41) is 2.75. The lowest BCUT2D eigenvalue weighted by atomic mass is 9.76. The highest BCUT2D eigenvalue weighted by Crippen LogP contribution is 2.45. The standard InChI is InChI=1S/C24H30N2O2/c1-26-23(27)14-17-8-5-11-22(28-19-13-12-18(25)15-19)24(17)21-10-3-2-9-20(21)16-6-4-7-16/h2-3,5,8-11,16,18-19H,4,6-7,12-15,25H2,1H3,(H,26,27)/t18-,19-/m1/s1. The average molecular weight is 379 g/mol. The van der Waals surface area contributed by atoms with E-state index in [0.29, 0.717) is 12.3 Å². The summed E-state index contributed by atoms with van der Waals surface area (Å²) in [6, 6.07) is 15.0. The molecule has 3 N–H and O–H groups in total. The van der Waals surface area contributed by atoms with Crippen molar-refractivity contribution in [3.05, 3.63) is 53.6 Å². The van der Waals surface area contributed by atoms with Crippen LogP contribution in [-0.2, 0) is 11.2 Å². The molecule has 0 aromatic heterocycles. The van der Waals surface area contributed by atoms with Gasteiger partial charge in [-0.05, 0) is 60.8 Å². The fourth-order valence-electron chi connectivity index (χ4n) is 4.45. The van der Waals surface area contributed by atoms with Crippen molar-refractivity contribution >= 4 is 5.91 Å². The highest BCUT2D eigenvalue weighted by Gasteiger charge is 2.27. The molecule has 2 aromatic carbocycles. The van der Waals surface area contributed by atoms with Crippen molar-refractivity contribution < 1.29 is 9.53 Å². The summed E-state index contributed by atoms with van der Waals surface area (Å²) in [5.74, 6) is 1.51. The quantitative estimate of drug-likeness (QED) is 0.793. The summed E-state index contributed by atoms with van der Waals surface area (Å²) >= 11 is 0. The van der Waals surface area contributed by atoms with Crippen LogP contribution in [0.1, 0.15) is 55.6 Å². The molecule has 0 spiro atoms. The molecule has 0 saturated heterocycles. The summed E-state index contributed by atoms with van der Waals surface area (Å²) in [6.07, 6.45) is 7.17. The van der Waals surface area contributed by atoms with Gasteiger partial charge in [0.2, 0.25) is 5.91 Å². The molecule has 148 valence electrons. The predicted molar refractivity (Wildman–Crippen MR) is 112 cm³/mol. The second kappa shape index (κ2) is 8.36. The first-order valence-corrected chi connectivity index (χ1v) is 10.5. The Hall–Kier alpha value is -2.33. The molecule has 2 aliphatic rings. The third kappa shape index (κ3) is 3.93. The number of nitrogens with two attached hydrogens (primary N) is 1. The van der Waals surface area contributed by atoms with Gasteiger partial charge in [0.15, 0.2) is 0 Å². The number of hydrogen-bond donors (Lipinski definition) is 2. The number of likely N-dealkylation sites (N-methyl/N-ethyl adjacent to an activating group) is 1. The molecular weight excluding hydrogens is 348 g/mol. The predicted octanol–water partition coefficient (Wildman–Crippen LogP) is 4.17. The summed E-state index contributed by atoms with van der Waals surface area (Å²) in [5.41, 5.74) is 10.8. The second-order valence-corrected chi connectivity index (χ2v) is 8.17. The van der Waals surface area contributed by atoms with E-state index in [1.165, 1.54) is 30.4 Å². The van der Waals surface area contributed by atoms with Crippen molar-refractivity contribution in [1.82, 2.24) is 5.32 Å². The zero-order valence-electron chi connectivity index (χ0n) is 16.6. The molecule has 0 radical (unpaired) electrons. The Morgan fingerprint density at radius 2 is 1.93 bits per heavy atom. The van der Waals surface area contributed by atoms with Gasteiger partial charge in [-0.2, -0.15) is 0 Å². The Bertz CT molecular complexity index is 844. The molecule has 4 nitrogen and oxygen atoms in total. The molecule has 0 aliphatic heterocycles. The van der Waals surface area contributed by atoms with Crippen molar-refractivity contribution in [1.29, 1.82) is 0 Å². The van der Waals surface area contributed by atoms with Gasteiger partial charge >= 0.3 is 0 Å². The molecule has 2 saturated carbocycles. The first-order chi connectivity index (χ1) is 13.7. The summed E-state index contributed by atoms with van der Waals surface area (Å²) in [6.45, 7) is 0. The first-order valence-electron chi connectivity index (χ1n) is 10.5. The molecule has 1 amide bonds. The Labute approximate surface area is 167 Å². The van der Waals surface area contributed by atoms with Crippen LogP contribution in [0.15, 0.2) is 42.5 Å². The van der Waals surface area contributed by atoms with E-state index in [-0.39, 0.29) is 18.1 Å². The molecule has 28 heavy (non-hydrogen) atoms. The lowest BCUT2D eigenvalue weighted by Gasteiger charge is -2.29. The number of hydrogen-bond acceptors (Lipinski definition) is 3. The molecule has 0 unspecified atom stereocenters. The lowest BCUT2D eigenvalue weighted by Crippen LogP contribution is -2.21. The van der Waals surface area contributed by atoms with Crippen LogP contribution in [0.5, 0.6) is 5.75 Å². The largest absolute Gasteiger partial charge is 0.490 e. The monoisotopic (exact) mass is 378 g/mol. The van der Waals surface area contributed by atoms with Crippen LogP contribution < -0.4 is 15.8 Å². The Balaban J connectivity index is 1.77. The number of benzene rings is 2. The van der Waals surface area contributed by atoms with Crippen molar-refractivity contribution in [2.75, 3.05) is 7.05 Å². The molecule has 2 aromatic rings. The average Bonchev–Trinajstić information content (AvgIpc) is 3.06. The van der Waals surface area contributed by atoms with E-state index in [1.54, 1.807) is 7.05 Å². The van der Waals surface area contributed by atoms with E-state index in [2.05, 4.69) is 35.6 Å². The minimum absolute atomic E-state index is 0.0161. The Morgan fingerprint density at radius 3 is 2.61 bits per heavy atom. The fourth-order valence-corrected chi connectivity index (χ4v) is 4.45. The minimum Gasteiger partial charge on any atom is -0.490 e. The van der Waals surface area contributed by atoms with Crippen LogP contribution in [0.4, 0.5) is 0 Å². The van der Waals surface area contributed by atoms with Crippen LogP contribution in [-0.4, -0.2) is 25.1 Å². The van der Waals surface area contributed by atoms with Gasteiger partial charge in [-0.3, -0.25) is 4.79 Å². The highest BCUT2D eigenvalue weighted by atomic mass is 16.5. The summed E-state index contributed by atoms with van der Waals surface area (Å²) < 4.78 is 6.46. The zero-order valence-corrected chi connectivity index (χ0v) is 16.6. The molecule has 2 fully saturated rings. The van der Waals surface area contributed by atoms with Crippen molar-refractivity contribution in [3.8, 4) is 16.9 Å². The fraction of sp³-hybridized carbons (Fsp3) is 0.458. The van der Waals surface area contributed by atoms with Gasteiger partial charge in [0.1, 0.15) is 11.9 Å². The van der Waals surface area contributed by atoms with Crippen molar-refractivity contribution in [3.63, 3.8) is 0 Å². The van der Waals surface area contributed by atoms with Gasteiger partial charge in [0, 0.05) is 18.7 Å². The minimum atomic E-state index is 0.0161. The molecule has 0 heterocycles. The molecular formula is C24H30N2O2. The van der Waals surface area contributed by atoms with E-state index >= 15 is 0 Å². The molecule has 4 rings (SSSR count). The Morgan fingerprint density at radius 1 is 1.11 bits per heavy atom. The van der Waals surface area contributed by atoms with Gasteiger partial charge in [-0.1, -0.05) is 42.8 Å². The maximum Gasteiger partial charge on any atom is 0.224 e. The van der Waals surface area contributed by atoms with Gasteiger partial charge < -0.3 is 15.8 Å².